The smallest absolute Gasteiger partial charge is 0.141 e. The van der Waals surface area contributed by atoms with Gasteiger partial charge in [-0.2, -0.15) is 0 Å². The number of hydrogen-bond donors (Lipinski definition) is 0. The molecule has 2 unspecified atom stereocenters. The highest BCUT2D eigenvalue weighted by Crippen LogP contribution is 2.40. The molecule has 4 rings (SSSR count). The van der Waals surface area contributed by atoms with Crippen LogP contribution in [-0.2, 0) is 17.6 Å². The van der Waals surface area contributed by atoms with E-state index in [9.17, 15) is 4.79 Å². The Morgan fingerprint density at radius 1 is 0.952 bits per heavy atom. The van der Waals surface area contributed by atoms with Gasteiger partial charge in [0.2, 0.25) is 0 Å². The van der Waals surface area contributed by atoms with Crippen LogP contribution in [0.2, 0.25) is 0 Å². The Hall–Kier alpha value is -1.89. The number of carbonyl (C=O) groups excluding carboxylic acids is 1. The molecule has 0 aliphatic heterocycles. The monoisotopic (exact) mass is 276 g/mol. The summed E-state index contributed by atoms with van der Waals surface area (Å²) < 4.78 is 0. The molecular formula is C20H20O. The highest BCUT2D eigenvalue weighted by molar-refractivity contribution is 5.89. The lowest BCUT2D eigenvalue weighted by molar-refractivity contribution is -0.121. The van der Waals surface area contributed by atoms with Gasteiger partial charge < -0.3 is 0 Å². The quantitative estimate of drug-likeness (QED) is 0.811. The van der Waals surface area contributed by atoms with E-state index in [4.69, 9.17) is 0 Å². The first-order valence-corrected chi connectivity index (χ1v) is 8.01. The maximum atomic E-state index is 12.7. The van der Waals surface area contributed by atoms with E-state index < -0.39 is 0 Å². The maximum Gasteiger partial charge on any atom is 0.141 e. The largest absolute Gasteiger partial charge is 0.299 e. The van der Waals surface area contributed by atoms with Crippen molar-refractivity contribution in [2.24, 2.45) is 0 Å². The van der Waals surface area contributed by atoms with Gasteiger partial charge in [-0.15, -0.1) is 0 Å². The molecule has 2 aromatic rings. The Kier molecular flexibility index (Phi) is 3.14. The number of ketones is 1. The lowest BCUT2D eigenvalue weighted by Crippen LogP contribution is -2.27. The zero-order chi connectivity index (χ0) is 14.2. The second-order valence-corrected chi connectivity index (χ2v) is 6.41. The molecule has 2 atom stereocenters. The van der Waals surface area contributed by atoms with Crippen molar-refractivity contribution in [3.8, 4) is 0 Å². The Balaban J connectivity index is 1.52. The topological polar surface area (TPSA) is 17.1 Å². The number of hydrogen-bond acceptors (Lipinski definition) is 1. The molecular weight excluding hydrogens is 256 g/mol. The number of benzene rings is 2. The van der Waals surface area contributed by atoms with Crippen LogP contribution in [0, 0.1) is 0 Å². The van der Waals surface area contributed by atoms with Crippen LogP contribution in [0.25, 0.3) is 0 Å². The van der Waals surface area contributed by atoms with E-state index in [1.165, 1.54) is 35.1 Å². The lowest BCUT2D eigenvalue weighted by atomic mass is 9.71. The molecule has 1 nitrogen and oxygen atoms in total. The van der Waals surface area contributed by atoms with E-state index in [2.05, 4.69) is 42.5 Å². The van der Waals surface area contributed by atoms with Crippen molar-refractivity contribution in [2.75, 3.05) is 0 Å². The fourth-order valence-corrected chi connectivity index (χ4v) is 4.00. The highest BCUT2D eigenvalue weighted by atomic mass is 16.1. The molecule has 0 fully saturated rings. The second-order valence-electron chi connectivity index (χ2n) is 6.41. The van der Waals surface area contributed by atoms with Gasteiger partial charge in [-0.1, -0.05) is 48.5 Å². The van der Waals surface area contributed by atoms with Crippen LogP contribution in [0.1, 0.15) is 53.4 Å². The van der Waals surface area contributed by atoms with Crippen LogP contribution in [0.15, 0.2) is 48.5 Å². The normalized spacial score (nSPS) is 22.9. The van der Waals surface area contributed by atoms with Crippen LogP contribution in [0.5, 0.6) is 0 Å². The molecule has 0 amide bonds. The molecule has 0 heterocycles. The number of fused-ring (bicyclic) bond motifs is 2. The van der Waals surface area contributed by atoms with Crippen LogP contribution in [0.3, 0.4) is 0 Å². The predicted molar refractivity (Wildman–Crippen MR) is 84.6 cm³/mol. The van der Waals surface area contributed by atoms with Gasteiger partial charge >= 0.3 is 0 Å². The molecule has 0 bridgehead atoms. The van der Waals surface area contributed by atoms with Crippen molar-refractivity contribution < 1.29 is 4.79 Å². The molecule has 2 aliphatic carbocycles. The summed E-state index contributed by atoms with van der Waals surface area (Å²) in [4.78, 5) is 12.7. The zero-order valence-electron chi connectivity index (χ0n) is 12.2. The summed E-state index contributed by atoms with van der Waals surface area (Å²) in [5, 5.41) is 0. The van der Waals surface area contributed by atoms with Gasteiger partial charge in [0.1, 0.15) is 5.78 Å². The third-order valence-electron chi connectivity index (χ3n) is 5.18. The average molecular weight is 276 g/mol. The Morgan fingerprint density at radius 2 is 1.67 bits per heavy atom. The van der Waals surface area contributed by atoms with E-state index >= 15 is 0 Å². The van der Waals surface area contributed by atoms with Crippen LogP contribution in [0.4, 0.5) is 0 Å². The van der Waals surface area contributed by atoms with Crippen LogP contribution < -0.4 is 0 Å². The molecule has 106 valence electrons. The molecule has 0 saturated heterocycles. The maximum absolute atomic E-state index is 12.7. The highest BCUT2D eigenvalue weighted by Gasteiger charge is 2.33. The van der Waals surface area contributed by atoms with Crippen molar-refractivity contribution in [3.63, 3.8) is 0 Å². The van der Waals surface area contributed by atoms with Gasteiger partial charge in [0.05, 0.1) is 0 Å². The van der Waals surface area contributed by atoms with Crippen molar-refractivity contribution >= 4 is 5.78 Å². The summed E-state index contributed by atoms with van der Waals surface area (Å²) in [6.45, 7) is 0. The zero-order valence-corrected chi connectivity index (χ0v) is 12.2. The summed E-state index contributed by atoms with van der Waals surface area (Å²) in [5.41, 5.74) is 5.51. The summed E-state index contributed by atoms with van der Waals surface area (Å²) in [7, 11) is 0. The van der Waals surface area contributed by atoms with Gasteiger partial charge in [0.15, 0.2) is 0 Å². The fourth-order valence-electron chi connectivity index (χ4n) is 4.00. The first-order chi connectivity index (χ1) is 10.3. The number of carbonyl (C=O) groups is 1. The van der Waals surface area contributed by atoms with Crippen LogP contribution in [-0.4, -0.2) is 5.78 Å². The summed E-state index contributed by atoms with van der Waals surface area (Å²) in [6.07, 6.45) is 5.22. The van der Waals surface area contributed by atoms with E-state index in [0.29, 0.717) is 11.7 Å². The minimum Gasteiger partial charge on any atom is -0.299 e. The van der Waals surface area contributed by atoms with Gasteiger partial charge in [-0.05, 0) is 53.9 Å². The SMILES string of the molecule is O=C(CC1CCCc2ccccc21)C1Cc2ccccc21. The predicted octanol–water partition coefficient (Wildman–Crippen LogP) is 4.41. The minimum absolute atomic E-state index is 0.162. The van der Waals surface area contributed by atoms with E-state index in [-0.39, 0.29) is 5.92 Å². The third-order valence-corrected chi connectivity index (χ3v) is 5.18. The van der Waals surface area contributed by atoms with Crippen molar-refractivity contribution in [3.05, 3.63) is 70.8 Å². The number of Topliss-reactive ketones (excluding diaryl/α,β-unsaturated/α-hetero) is 1. The van der Waals surface area contributed by atoms with Gasteiger partial charge in [0, 0.05) is 12.3 Å². The molecule has 1 heteroatoms. The molecule has 0 spiro atoms. The standard InChI is InChI=1S/C20H20O/c21-20(19-12-15-7-2-4-11-18(15)19)13-16-9-5-8-14-6-1-3-10-17(14)16/h1-4,6-7,10-11,16,19H,5,8-9,12-13H2. The first kappa shape index (κ1) is 12.8. The van der Waals surface area contributed by atoms with Crippen molar-refractivity contribution in [2.45, 2.75) is 43.9 Å². The molecule has 0 radical (unpaired) electrons. The Bertz CT molecular complexity index is 686. The minimum atomic E-state index is 0.162. The molecule has 0 aromatic heterocycles. The van der Waals surface area contributed by atoms with E-state index in [0.717, 1.165) is 19.3 Å². The van der Waals surface area contributed by atoms with Gasteiger partial charge in [-0.3, -0.25) is 4.79 Å². The summed E-state index contributed by atoms with van der Waals surface area (Å²) in [5.74, 6) is 1.04. The number of rotatable bonds is 3. The van der Waals surface area contributed by atoms with Crippen molar-refractivity contribution in [1.29, 1.82) is 0 Å². The van der Waals surface area contributed by atoms with Gasteiger partial charge in [-0.25, -0.2) is 0 Å². The first-order valence-electron chi connectivity index (χ1n) is 8.01. The fraction of sp³-hybridized carbons (Fsp3) is 0.350. The average Bonchev–Trinajstić information content (AvgIpc) is 2.49. The second kappa shape index (κ2) is 5.14. The summed E-state index contributed by atoms with van der Waals surface area (Å²) >= 11 is 0. The van der Waals surface area contributed by atoms with Gasteiger partial charge in [0.25, 0.3) is 0 Å². The molecule has 0 N–H and O–H groups in total. The van der Waals surface area contributed by atoms with Crippen molar-refractivity contribution in [1.82, 2.24) is 0 Å². The van der Waals surface area contributed by atoms with Crippen LogP contribution >= 0.6 is 0 Å². The third kappa shape index (κ3) is 2.21. The number of aryl methyl sites for hydroxylation is 1. The Morgan fingerprint density at radius 3 is 2.48 bits per heavy atom. The molecule has 2 aliphatic rings. The molecule has 21 heavy (non-hydrogen) atoms. The lowest BCUT2D eigenvalue weighted by Gasteiger charge is -2.31. The molecule has 2 aromatic carbocycles. The van der Waals surface area contributed by atoms with E-state index in [1.807, 2.05) is 6.07 Å². The Labute approximate surface area is 126 Å². The summed E-state index contributed by atoms with van der Waals surface area (Å²) in [6, 6.07) is 17.1. The van der Waals surface area contributed by atoms with E-state index in [1.54, 1.807) is 0 Å². The molecule has 0 saturated carbocycles.